The molecule has 2 aromatic carbocycles. The number of urea groups is 1. The minimum Gasteiger partial charge on any atom is -0.348 e. The minimum atomic E-state index is -0.529. The number of nitrogens with one attached hydrogen (secondary N) is 1. The van der Waals surface area contributed by atoms with Gasteiger partial charge in [-0.05, 0) is 42.8 Å². The summed E-state index contributed by atoms with van der Waals surface area (Å²) >= 11 is 6.49. The van der Waals surface area contributed by atoms with E-state index in [4.69, 9.17) is 11.6 Å². The normalized spacial score (nSPS) is 15.2. The predicted octanol–water partition coefficient (Wildman–Crippen LogP) is 4.77. The Bertz CT molecular complexity index is 1130. The van der Waals surface area contributed by atoms with Gasteiger partial charge in [0.2, 0.25) is 5.91 Å². The van der Waals surface area contributed by atoms with Gasteiger partial charge in [0.05, 0.1) is 11.7 Å². The number of halogens is 2. The topological polar surface area (TPSA) is 57.6 Å². The Balaban J connectivity index is 1.56. The number of fused-ring (bicyclic) bond motifs is 1. The highest BCUT2D eigenvalue weighted by atomic mass is 35.5. The average molecular weight is 455 g/mol. The number of aromatic nitrogens is 1. The van der Waals surface area contributed by atoms with Crippen molar-refractivity contribution in [2.24, 2.45) is 0 Å². The van der Waals surface area contributed by atoms with Crippen molar-refractivity contribution in [3.8, 4) is 0 Å². The number of rotatable bonds is 5. The van der Waals surface area contributed by atoms with Crippen molar-refractivity contribution in [2.45, 2.75) is 19.5 Å². The van der Waals surface area contributed by atoms with Crippen LogP contribution in [0.2, 0.25) is 5.02 Å². The molecule has 0 radical (unpaired) electrons. The summed E-state index contributed by atoms with van der Waals surface area (Å²) in [5, 5.41) is 3.13. The number of anilines is 1. The maximum Gasteiger partial charge on any atom is 0.322 e. The van der Waals surface area contributed by atoms with Crippen LogP contribution in [0.5, 0.6) is 0 Å². The van der Waals surface area contributed by atoms with Crippen LogP contribution in [0.25, 0.3) is 0 Å². The summed E-state index contributed by atoms with van der Waals surface area (Å²) in [6.07, 6.45) is 1.99. The molecule has 32 heavy (non-hydrogen) atoms. The molecule has 1 N–H and O–H groups in total. The zero-order valence-corrected chi connectivity index (χ0v) is 18.4. The van der Waals surface area contributed by atoms with E-state index >= 15 is 0 Å². The molecular weight excluding hydrogens is 431 g/mol. The molecule has 0 spiro atoms. The second-order valence-corrected chi connectivity index (χ2v) is 7.97. The van der Waals surface area contributed by atoms with Crippen molar-refractivity contribution >= 4 is 29.2 Å². The number of hydrogen-bond acceptors (Lipinski definition) is 2. The molecule has 0 saturated carbocycles. The van der Waals surface area contributed by atoms with E-state index in [-0.39, 0.29) is 24.2 Å². The van der Waals surface area contributed by atoms with Gasteiger partial charge in [0.15, 0.2) is 0 Å². The number of carbonyl (C=O) groups excluding carboxylic acids is 2. The standard InChI is InChI=1S/C24H24ClFN4O2/c1-2-28(24(32)27-20-11-6-5-10-19(20)26)16-22(31)30-15-14-29-13-7-12-21(29)23(30)17-8-3-4-9-18(17)25/h3-13,23H,2,14-16H2,1H3,(H,27,32). The number of nitrogens with zero attached hydrogens (tertiary/aromatic N) is 3. The molecule has 8 heteroatoms. The summed E-state index contributed by atoms with van der Waals surface area (Å²) in [4.78, 5) is 29.3. The van der Waals surface area contributed by atoms with E-state index in [2.05, 4.69) is 9.88 Å². The molecule has 0 aliphatic carbocycles. The van der Waals surface area contributed by atoms with Crippen LogP contribution in [-0.2, 0) is 11.3 Å². The number of para-hydroxylation sites is 1. The maximum absolute atomic E-state index is 13.9. The van der Waals surface area contributed by atoms with E-state index in [1.807, 2.05) is 42.6 Å². The van der Waals surface area contributed by atoms with Gasteiger partial charge < -0.3 is 19.7 Å². The lowest BCUT2D eigenvalue weighted by Gasteiger charge is -2.38. The van der Waals surface area contributed by atoms with Crippen molar-refractivity contribution < 1.29 is 14.0 Å². The van der Waals surface area contributed by atoms with Gasteiger partial charge in [-0.15, -0.1) is 0 Å². The third-order valence-corrected chi connectivity index (χ3v) is 6.01. The van der Waals surface area contributed by atoms with Crippen LogP contribution < -0.4 is 5.32 Å². The van der Waals surface area contributed by atoms with Crippen molar-refractivity contribution in [3.63, 3.8) is 0 Å². The smallest absolute Gasteiger partial charge is 0.322 e. The second kappa shape index (κ2) is 9.44. The van der Waals surface area contributed by atoms with Crippen molar-refractivity contribution in [1.29, 1.82) is 0 Å². The zero-order valence-electron chi connectivity index (χ0n) is 17.7. The second-order valence-electron chi connectivity index (χ2n) is 7.56. The largest absolute Gasteiger partial charge is 0.348 e. The van der Waals surface area contributed by atoms with Crippen LogP contribution >= 0.6 is 11.6 Å². The number of likely N-dealkylation sites (N-methyl/N-ethyl adjacent to an activating group) is 1. The maximum atomic E-state index is 13.9. The highest BCUT2D eigenvalue weighted by Gasteiger charge is 2.34. The number of benzene rings is 2. The van der Waals surface area contributed by atoms with Gasteiger partial charge >= 0.3 is 6.03 Å². The van der Waals surface area contributed by atoms with Gasteiger partial charge in [-0.3, -0.25) is 4.79 Å². The first-order chi connectivity index (χ1) is 15.5. The number of hydrogen-bond donors (Lipinski definition) is 1. The van der Waals surface area contributed by atoms with E-state index < -0.39 is 11.8 Å². The number of carbonyl (C=O) groups is 2. The first-order valence-electron chi connectivity index (χ1n) is 10.5. The van der Waals surface area contributed by atoms with Crippen molar-refractivity contribution in [3.05, 3.63) is 89.0 Å². The highest BCUT2D eigenvalue weighted by molar-refractivity contribution is 6.31. The van der Waals surface area contributed by atoms with E-state index in [1.54, 1.807) is 24.0 Å². The quantitative estimate of drug-likeness (QED) is 0.604. The Kier molecular flexibility index (Phi) is 6.46. The summed E-state index contributed by atoms with van der Waals surface area (Å²) in [6, 6.07) is 16.5. The monoisotopic (exact) mass is 454 g/mol. The Hall–Kier alpha value is -3.32. The molecule has 1 aliphatic rings. The Morgan fingerprint density at radius 2 is 1.84 bits per heavy atom. The molecule has 1 atom stereocenters. The SMILES string of the molecule is CCN(CC(=O)N1CCn2cccc2C1c1ccccc1Cl)C(=O)Nc1ccccc1F. The molecule has 1 unspecified atom stereocenters. The van der Waals surface area contributed by atoms with Crippen molar-refractivity contribution in [1.82, 2.24) is 14.4 Å². The van der Waals surface area contributed by atoms with E-state index in [9.17, 15) is 14.0 Å². The molecule has 1 aliphatic heterocycles. The molecule has 6 nitrogen and oxygen atoms in total. The summed E-state index contributed by atoms with van der Waals surface area (Å²) < 4.78 is 16.0. The van der Waals surface area contributed by atoms with Crippen molar-refractivity contribution in [2.75, 3.05) is 25.0 Å². The molecular formula is C24H24ClFN4O2. The fraction of sp³-hybridized carbons (Fsp3) is 0.250. The first-order valence-corrected chi connectivity index (χ1v) is 10.9. The van der Waals surface area contributed by atoms with Gasteiger partial charge in [-0.2, -0.15) is 0 Å². The lowest BCUT2D eigenvalue weighted by molar-refractivity contribution is -0.134. The van der Waals surface area contributed by atoms with Gasteiger partial charge in [0, 0.05) is 36.5 Å². The molecule has 0 fully saturated rings. The first kappa shape index (κ1) is 21.9. The molecule has 4 rings (SSSR count). The molecule has 0 bridgehead atoms. The van der Waals surface area contributed by atoms with Crippen LogP contribution in [0.3, 0.4) is 0 Å². The third kappa shape index (κ3) is 4.34. The molecule has 1 aromatic heterocycles. The highest BCUT2D eigenvalue weighted by Crippen LogP contribution is 2.36. The molecule has 0 saturated heterocycles. The molecule has 2 heterocycles. The number of amides is 3. The molecule has 166 valence electrons. The minimum absolute atomic E-state index is 0.0770. The molecule has 3 aromatic rings. The van der Waals surface area contributed by atoms with E-state index in [1.165, 1.54) is 17.0 Å². The molecule has 3 amide bonds. The van der Waals surface area contributed by atoms with E-state index in [0.717, 1.165) is 11.3 Å². The summed E-state index contributed by atoms with van der Waals surface area (Å²) in [6.45, 7) is 3.10. The van der Waals surface area contributed by atoms with Gasteiger partial charge in [-0.1, -0.05) is 41.9 Å². The van der Waals surface area contributed by atoms with E-state index in [0.29, 0.717) is 24.7 Å². The lowest BCUT2D eigenvalue weighted by atomic mass is 9.99. The summed E-state index contributed by atoms with van der Waals surface area (Å²) in [5.74, 6) is -0.730. The summed E-state index contributed by atoms with van der Waals surface area (Å²) in [7, 11) is 0. The lowest BCUT2D eigenvalue weighted by Crippen LogP contribution is -2.48. The van der Waals surface area contributed by atoms with Crippen LogP contribution in [-0.4, -0.2) is 45.9 Å². The van der Waals surface area contributed by atoms with Crippen LogP contribution in [0.15, 0.2) is 66.9 Å². The summed E-state index contributed by atoms with van der Waals surface area (Å²) in [5.41, 5.74) is 1.88. The average Bonchev–Trinajstić information content (AvgIpc) is 3.27. The fourth-order valence-electron chi connectivity index (χ4n) is 4.01. The third-order valence-electron chi connectivity index (χ3n) is 5.67. The van der Waals surface area contributed by atoms with Crippen LogP contribution in [0.4, 0.5) is 14.9 Å². The predicted molar refractivity (Wildman–Crippen MR) is 122 cm³/mol. The van der Waals surface area contributed by atoms with Gasteiger partial charge in [0.25, 0.3) is 0 Å². The Morgan fingerprint density at radius 3 is 2.59 bits per heavy atom. The van der Waals surface area contributed by atoms with Gasteiger partial charge in [-0.25, -0.2) is 9.18 Å². The Labute approximate surface area is 191 Å². The fourth-order valence-corrected chi connectivity index (χ4v) is 4.25. The zero-order chi connectivity index (χ0) is 22.7. The van der Waals surface area contributed by atoms with Gasteiger partial charge in [0.1, 0.15) is 12.4 Å². The van der Waals surface area contributed by atoms with Crippen LogP contribution in [0.1, 0.15) is 24.2 Å². The Morgan fingerprint density at radius 1 is 1.09 bits per heavy atom. The van der Waals surface area contributed by atoms with Crippen LogP contribution in [0, 0.1) is 5.82 Å².